The highest BCUT2D eigenvalue weighted by atomic mass is 16.5. The van der Waals surface area contributed by atoms with Crippen LogP contribution in [0.4, 0.5) is 10.5 Å². The van der Waals surface area contributed by atoms with Crippen molar-refractivity contribution in [2.45, 2.75) is 38.1 Å². The molecule has 0 aliphatic heterocycles. The minimum absolute atomic E-state index is 0.00508. The largest absolute Gasteiger partial charge is 0.496 e. The summed E-state index contributed by atoms with van der Waals surface area (Å²) in [5, 5.41) is 17.0. The smallest absolute Gasteiger partial charge is 0.339 e. The maximum absolute atomic E-state index is 11.9. The zero-order chi connectivity index (χ0) is 18.2. The summed E-state index contributed by atoms with van der Waals surface area (Å²) in [5.74, 6) is -1.38. The van der Waals surface area contributed by atoms with Gasteiger partial charge >= 0.3 is 12.0 Å². The summed E-state index contributed by atoms with van der Waals surface area (Å²) in [6, 6.07) is 4.04. The number of urea groups is 1. The van der Waals surface area contributed by atoms with Gasteiger partial charge in [0.2, 0.25) is 5.91 Å². The van der Waals surface area contributed by atoms with E-state index >= 15 is 0 Å². The van der Waals surface area contributed by atoms with Gasteiger partial charge in [0.25, 0.3) is 0 Å². The molecular formula is C17H23N3O5. The van der Waals surface area contributed by atoms with Crippen molar-refractivity contribution in [3.05, 3.63) is 23.8 Å². The molecule has 8 nitrogen and oxygen atoms in total. The van der Waals surface area contributed by atoms with E-state index in [1.165, 1.54) is 31.7 Å². The monoisotopic (exact) mass is 349 g/mol. The predicted octanol–water partition coefficient (Wildman–Crippen LogP) is 1.96. The molecule has 0 bridgehead atoms. The van der Waals surface area contributed by atoms with Crippen LogP contribution in [0.25, 0.3) is 0 Å². The number of carbonyl (C=O) groups excluding carboxylic acids is 2. The number of anilines is 1. The summed E-state index contributed by atoms with van der Waals surface area (Å²) in [6.07, 6.45) is 5.36. The van der Waals surface area contributed by atoms with E-state index < -0.39 is 11.9 Å². The lowest BCUT2D eigenvalue weighted by molar-refractivity contribution is -0.115. The summed E-state index contributed by atoms with van der Waals surface area (Å²) < 4.78 is 5.00. The van der Waals surface area contributed by atoms with Crippen molar-refractivity contribution in [1.82, 2.24) is 10.6 Å². The van der Waals surface area contributed by atoms with Gasteiger partial charge in [0.15, 0.2) is 0 Å². The van der Waals surface area contributed by atoms with Crippen LogP contribution in [0.3, 0.4) is 0 Å². The number of methoxy groups -OCH3 is 1. The summed E-state index contributed by atoms with van der Waals surface area (Å²) in [5.41, 5.74) is 0.395. The number of aromatic carboxylic acids is 1. The minimum atomic E-state index is -1.12. The van der Waals surface area contributed by atoms with Crippen LogP contribution in [0.1, 0.15) is 42.5 Å². The Morgan fingerprint density at radius 1 is 1.20 bits per heavy atom. The first-order chi connectivity index (χ1) is 12.0. The minimum Gasteiger partial charge on any atom is -0.496 e. The van der Waals surface area contributed by atoms with Crippen LogP contribution in [-0.4, -0.2) is 42.7 Å². The quantitative estimate of drug-likeness (QED) is 0.626. The molecule has 3 amide bonds. The highest BCUT2D eigenvalue weighted by molar-refractivity contribution is 5.96. The lowest BCUT2D eigenvalue weighted by atomic mass is 9.96. The number of benzene rings is 1. The first-order valence-electron chi connectivity index (χ1n) is 8.25. The summed E-state index contributed by atoms with van der Waals surface area (Å²) in [7, 11) is 1.35. The van der Waals surface area contributed by atoms with Gasteiger partial charge in [0.1, 0.15) is 11.3 Å². The average molecular weight is 349 g/mol. The second-order valence-corrected chi connectivity index (χ2v) is 5.93. The Hall–Kier alpha value is -2.77. The second-order valence-electron chi connectivity index (χ2n) is 5.93. The Balaban J connectivity index is 1.81. The Bertz CT molecular complexity index is 641. The third-order valence-electron chi connectivity index (χ3n) is 4.07. The lowest BCUT2D eigenvalue weighted by Crippen LogP contribution is -2.45. The van der Waals surface area contributed by atoms with E-state index in [0.29, 0.717) is 5.69 Å². The van der Waals surface area contributed by atoms with Crippen molar-refractivity contribution in [2.75, 3.05) is 19.0 Å². The van der Waals surface area contributed by atoms with Gasteiger partial charge in [-0.3, -0.25) is 4.79 Å². The Morgan fingerprint density at radius 3 is 2.56 bits per heavy atom. The molecule has 25 heavy (non-hydrogen) atoms. The molecule has 0 radical (unpaired) electrons. The number of carbonyl (C=O) groups is 3. The van der Waals surface area contributed by atoms with E-state index in [1.807, 2.05) is 0 Å². The predicted molar refractivity (Wildman–Crippen MR) is 92.0 cm³/mol. The van der Waals surface area contributed by atoms with E-state index in [9.17, 15) is 14.4 Å². The zero-order valence-corrected chi connectivity index (χ0v) is 14.1. The molecule has 0 unspecified atom stereocenters. The van der Waals surface area contributed by atoms with Gasteiger partial charge in [0.05, 0.1) is 13.7 Å². The third-order valence-corrected chi connectivity index (χ3v) is 4.07. The third kappa shape index (κ3) is 5.66. The lowest BCUT2D eigenvalue weighted by Gasteiger charge is -2.22. The number of nitrogens with one attached hydrogen (secondary N) is 3. The van der Waals surface area contributed by atoms with Gasteiger partial charge < -0.3 is 25.8 Å². The van der Waals surface area contributed by atoms with E-state index in [1.54, 1.807) is 0 Å². The maximum atomic E-state index is 11.9. The highest BCUT2D eigenvalue weighted by Gasteiger charge is 2.16. The standard InChI is InChI=1S/C17H23N3O5/c1-25-14-9-12(7-8-13(14)16(22)23)19-15(21)10-18-17(24)20-11-5-3-2-4-6-11/h7-9,11H,2-6,10H2,1H3,(H,19,21)(H,22,23)(H2,18,20,24). The maximum Gasteiger partial charge on any atom is 0.339 e. The molecule has 1 aromatic rings. The van der Waals surface area contributed by atoms with Crippen molar-refractivity contribution in [3.8, 4) is 5.75 Å². The number of carboxylic acid groups (broad SMARTS) is 1. The van der Waals surface area contributed by atoms with Crippen LogP contribution in [0.2, 0.25) is 0 Å². The van der Waals surface area contributed by atoms with Crippen LogP contribution in [-0.2, 0) is 4.79 Å². The summed E-state index contributed by atoms with van der Waals surface area (Å²) in [6.45, 7) is -0.179. The van der Waals surface area contributed by atoms with Crippen molar-refractivity contribution in [2.24, 2.45) is 0 Å². The molecule has 2 rings (SSSR count). The molecule has 1 aromatic carbocycles. The molecule has 0 saturated heterocycles. The van der Waals surface area contributed by atoms with Crippen molar-refractivity contribution in [3.63, 3.8) is 0 Å². The van der Waals surface area contributed by atoms with Gasteiger partial charge in [0, 0.05) is 17.8 Å². The molecule has 1 fully saturated rings. The summed E-state index contributed by atoms with van der Waals surface area (Å²) in [4.78, 5) is 34.8. The van der Waals surface area contributed by atoms with Crippen molar-refractivity contribution in [1.29, 1.82) is 0 Å². The van der Waals surface area contributed by atoms with Gasteiger partial charge in [-0.15, -0.1) is 0 Å². The Labute approximate surface area is 145 Å². The molecule has 0 atom stereocenters. The van der Waals surface area contributed by atoms with Crippen LogP contribution in [0.15, 0.2) is 18.2 Å². The number of rotatable bonds is 6. The fourth-order valence-electron chi connectivity index (χ4n) is 2.79. The van der Waals surface area contributed by atoms with E-state index in [4.69, 9.17) is 9.84 Å². The first-order valence-corrected chi connectivity index (χ1v) is 8.25. The van der Waals surface area contributed by atoms with Crippen LogP contribution in [0.5, 0.6) is 5.75 Å². The molecule has 1 aliphatic carbocycles. The van der Waals surface area contributed by atoms with E-state index in [-0.39, 0.29) is 29.9 Å². The van der Waals surface area contributed by atoms with Crippen LogP contribution in [0, 0.1) is 0 Å². The van der Waals surface area contributed by atoms with E-state index in [0.717, 1.165) is 25.7 Å². The Kier molecular flexibility index (Phi) is 6.62. The van der Waals surface area contributed by atoms with Gasteiger partial charge in [-0.1, -0.05) is 19.3 Å². The molecular weight excluding hydrogens is 326 g/mol. The summed E-state index contributed by atoms with van der Waals surface area (Å²) >= 11 is 0. The number of amides is 3. The Morgan fingerprint density at radius 2 is 1.92 bits per heavy atom. The fourth-order valence-corrected chi connectivity index (χ4v) is 2.79. The van der Waals surface area contributed by atoms with Crippen LogP contribution < -0.4 is 20.7 Å². The average Bonchev–Trinajstić information content (AvgIpc) is 2.60. The number of hydrogen-bond acceptors (Lipinski definition) is 4. The molecule has 8 heteroatoms. The zero-order valence-electron chi connectivity index (χ0n) is 14.1. The topological polar surface area (TPSA) is 117 Å². The first kappa shape index (κ1) is 18.6. The van der Waals surface area contributed by atoms with E-state index in [2.05, 4.69) is 16.0 Å². The fraction of sp³-hybridized carbons (Fsp3) is 0.471. The van der Waals surface area contributed by atoms with Crippen molar-refractivity contribution < 1.29 is 24.2 Å². The van der Waals surface area contributed by atoms with Gasteiger partial charge in [-0.2, -0.15) is 0 Å². The van der Waals surface area contributed by atoms with Crippen LogP contribution >= 0.6 is 0 Å². The SMILES string of the molecule is COc1cc(NC(=O)CNC(=O)NC2CCCCC2)ccc1C(=O)O. The van der Waals surface area contributed by atoms with Gasteiger partial charge in [-0.05, 0) is 25.0 Å². The van der Waals surface area contributed by atoms with Crippen molar-refractivity contribution >= 4 is 23.6 Å². The number of carboxylic acids is 1. The highest BCUT2D eigenvalue weighted by Crippen LogP contribution is 2.23. The molecule has 0 spiro atoms. The molecule has 1 saturated carbocycles. The second kappa shape index (κ2) is 8.91. The number of hydrogen-bond donors (Lipinski definition) is 4. The molecule has 136 valence electrons. The number of ether oxygens (including phenoxy) is 1. The molecule has 0 heterocycles. The normalized spacial score (nSPS) is 14.4. The molecule has 0 aromatic heterocycles. The van der Waals surface area contributed by atoms with Gasteiger partial charge in [-0.25, -0.2) is 9.59 Å². The molecule has 1 aliphatic rings. The molecule has 4 N–H and O–H groups in total.